The summed E-state index contributed by atoms with van der Waals surface area (Å²) in [7, 11) is 0. The lowest BCUT2D eigenvalue weighted by atomic mass is 10.2. The van der Waals surface area contributed by atoms with Gasteiger partial charge in [-0.2, -0.15) is 11.8 Å². The zero-order valence-electron chi connectivity index (χ0n) is 11.6. The van der Waals surface area contributed by atoms with Gasteiger partial charge >= 0.3 is 0 Å². The van der Waals surface area contributed by atoms with E-state index < -0.39 is 0 Å². The lowest BCUT2D eigenvalue weighted by molar-refractivity contribution is 0.691. The Morgan fingerprint density at radius 3 is 2.79 bits per heavy atom. The molecule has 2 nitrogen and oxygen atoms in total. The molecule has 2 fully saturated rings. The molecule has 0 spiro atoms. The van der Waals surface area contributed by atoms with Gasteiger partial charge in [-0.05, 0) is 26.2 Å². The van der Waals surface area contributed by atoms with E-state index in [9.17, 15) is 0 Å². The fraction of sp³-hybridized carbons (Fsp3) is 0.786. The molecule has 1 aromatic rings. The number of aromatic nitrogens is 1. The molecule has 1 N–H and O–H groups in total. The first-order valence-electron chi connectivity index (χ1n) is 7.20. The van der Waals surface area contributed by atoms with Crippen LogP contribution in [0, 0.1) is 6.92 Å². The Hall–Kier alpha value is 0.290. The Bertz CT molecular complexity index is 428. The van der Waals surface area contributed by atoms with E-state index in [1.807, 2.05) is 11.3 Å². The molecule has 2 unspecified atom stereocenters. The van der Waals surface area contributed by atoms with Gasteiger partial charge in [-0.3, -0.25) is 0 Å². The smallest absolute Gasteiger partial charge is 0.107 e. The predicted molar refractivity (Wildman–Crippen MR) is 88.4 cm³/mol. The number of thioether (sulfide) groups is 2. The van der Waals surface area contributed by atoms with Crippen LogP contribution >= 0.6 is 34.9 Å². The SMILES string of the molecule is CCC1SCCSC1c1nc(C)c(CNC2CC2)s1. The van der Waals surface area contributed by atoms with Gasteiger partial charge < -0.3 is 5.32 Å². The number of nitrogens with one attached hydrogen (secondary N) is 1. The van der Waals surface area contributed by atoms with Gasteiger partial charge in [-0.15, -0.1) is 23.1 Å². The second kappa shape index (κ2) is 6.37. The molecular formula is C14H22N2S3. The highest BCUT2D eigenvalue weighted by Gasteiger charge is 2.29. The minimum atomic E-state index is 0.627. The molecule has 2 atom stereocenters. The average Bonchev–Trinajstić information content (AvgIpc) is 3.19. The number of rotatable bonds is 5. The van der Waals surface area contributed by atoms with Gasteiger partial charge in [-0.25, -0.2) is 4.98 Å². The molecule has 0 radical (unpaired) electrons. The maximum absolute atomic E-state index is 4.88. The summed E-state index contributed by atoms with van der Waals surface area (Å²) in [6.07, 6.45) is 3.98. The molecule has 5 heteroatoms. The van der Waals surface area contributed by atoms with Crippen molar-refractivity contribution >= 4 is 34.9 Å². The monoisotopic (exact) mass is 314 g/mol. The fourth-order valence-electron chi connectivity index (χ4n) is 2.39. The van der Waals surface area contributed by atoms with Crippen molar-refractivity contribution in [2.75, 3.05) is 11.5 Å². The van der Waals surface area contributed by atoms with E-state index >= 15 is 0 Å². The predicted octanol–water partition coefficient (Wildman–Crippen LogP) is 4.00. The molecule has 2 heterocycles. The summed E-state index contributed by atoms with van der Waals surface area (Å²) in [6, 6.07) is 0.785. The van der Waals surface area contributed by atoms with E-state index in [1.165, 1.54) is 46.3 Å². The van der Waals surface area contributed by atoms with Crippen LogP contribution in [0.3, 0.4) is 0 Å². The van der Waals surface area contributed by atoms with Gasteiger partial charge in [0.2, 0.25) is 0 Å². The lowest BCUT2D eigenvalue weighted by Gasteiger charge is -2.28. The van der Waals surface area contributed by atoms with Crippen molar-refractivity contribution < 1.29 is 0 Å². The quantitative estimate of drug-likeness (QED) is 0.888. The average molecular weight is 315 g/mol. The molecule has 2 aliphatic rings. The van der Waals surface area contributed by atoms with Gasteiger partial charge in [0.1, 0.15) is 5.01 Å². The molecule has 1 aromatic heterocycles. The number of nitrogens with zero attached hydrogens (tertiary/aromatic N) is 1. The van der Waals surface area contributed by atoms with E-state index in [4.69, 9.17) is 4.98 Å². The maximum Gasteiger partial charge on any atom is 0.107 e. The summed E-state index contributed by atoms with van der Waals surface area (Å²) in [5.41, 5.74) is 1.25. The number of hydrogen-bond donors (Lipinski definition) is 1. The van der Waals surface area contributed by atoms with E-state index in [2.05, 4.69) is 42.7 Å². The molecule has 1 aliphatic carbocycles. The highest BCUT2D eigenvalue weighted by atomic mass is 32.2. The minimum Gasteiger partial charge on any atom is -0.309 e. The molecule has 0 amide bonds. The van der Waals surface area contributed by atoms with Crippen molar-refractivity contribution in [3.63, 3.8) is 0 Å². The standard InChI is InChI=1S/C14H22N2S3/c1-3-11-13(18-7-6-17-11)14-16-9(2)12(19-14)8-15-10-4-5-10/h10-11,13,15H,3-8H2,1-2H3. The van der Waals surface area contributed by atoms with Crippen molar-refractivity contribution in [3.05, 3.63) is 15.6 Å². The minimum absolute atomic E-state index is 0.627. The third-order valence-corrected chi connectivity index (χ3v) is 8.38. The Balaban J connectivity index is 1.70. The lowest BCUT2D eigenvalue weighted by Crippen LogP contribution is -2.18. The molecule has 106 valence electrons. The van der Waals surface area contributed by atoms with Crippen LogP contribution in [0.1, 0.15) is 47.0 Å². The number of thiazole rings is 1. The third-order valence-electron chi connectivity index (χ3n) is 3.73. The van der Waals surface area contributed by atoms with Crippen LogP contribution in [0.25, 0.3) is 0 Å². The Morgan fingerprint density at radius 1 is 1.26 bits per heavy atom. The van der Waals surface area contributed by atoms with E-state index in [1.54, 1.807) is 0 Å². The van der Waals surface area contributed by atoms with Crippen LogP contribution in [-0.4, -0.2) is 27.8 Å². The molecule has 0 aromatic carbocycles. The van der Waals surface area contributed by atoms with Gasteiger partial charge in [0.15, 0.2) is 0 Å². The number of aryl methyl sites for hydroxylation is 1. The molecule has 3 rings (SSSR count). The third kappa shape index (κ3) is 3.49. The van der Waals surface area contributed by atoms with Crippen molar-refractivity contribution in [2.24, 2.45) is 0 Å². The second-order valence-electron chi connectivity index (χ2n) is 5.32. The van der Waals surface area contributed by atoms with Crippen LogP contribution < -0.4 is 5.32 Å². The largest absolute Gasteiger partial charge is 0.309 e. The fourth-order valence-corrected chi connectivity index (χ4v) is 6.83. The van der Waals surface area contributed by atoms with Crippen molar-refractivity contribution in [1.82, 2.24) is 10.3 Å². The van der Waals surface area contributed by atoms with Gasteiger partial charge in [0.05, 0.1) is 10.9 Å². The summed E-state index contributed by atoms with van der Waals surface area (Å²) >= 11 is 6.20. The molecule has 1 saturated heterocycles. The zero-order valence-corrected chi connectivity index (χ0v) is 14.1. The number of hydrogen-bond acceptors (Lipinski definition) is 5. The van der Waals surface area contributed by atoms with Crippen LogP contribution in [0.5, 0.6) is 0 Å². The first-order chi connectivity index (χ1) is 9.28. The van der Waals surface area contributed by atoms with Gasteiger partial charge in [0.25, 0.3) is 0 Å². The summed E-state index contributed by atoms with van der Waals surface area (Å²) < 4.78 is 0. The van der Waals surface area contributed by atoms with Gasteiger partial charge in [-0.1, -0.05) is 6.92 Å². The Labute approximate surface area is 128 Å². The van der Waals surface area contributed by atoms with E-state index in [0.717, 1.165) is 17.8 Å². The van der Waals surface area contributed by atoms with E-state index in [0.29, 0.717) is 5.25 Å². The zero-order chi connectivity index (χ0) is 13.2. The van der Waals surface area contributed by atoms with Crippen LogP contribution in [0.4, 0.5) is 0 Å². The Morgan fingerprint density at radius 2 is 2.05 bits per heavy atom. The van der Waals surface area contributed by atoms with Crippen molar-refractivity contribution in [3.8, 4) is 0 Å². The maximum atomic E-state index is 4.88. The molecule has 19 heavy (non-hydrogen) atoms. The highest BCUT2D eigenvalue weighted by molar-refractivity contribution is 8.06. The molecule has 0 bridgehead atoms. The van der Waals surface area contributed by atoms with Crippen LogP contribution in [0.15, 0.2) is 0 Å². The normalized spacial score (nSPS) is 27.7. The molecular weight excluding hydrogens is 292 g/mol. The van der Waals surface area contributed by atoms with Crippen LogP contribution in [-0.2, 0) is 6.54 Å². The molecule has 1 aliphatic heterocycles. The second-order valence-corrected chi connectivity index (χ2v) is 9.04. The highest BCUT2D eigenvalue weighted by Crippen LogP contribution is 2.45. The molecule has 1 saturated carbocycles. The van der Waals surface area contributed by atoms with E-state index in [-0.39, 0.29) is 0 Å². The topological polar surface area (TPSA) is 24.9 Å². The first kappa shape index (κ1) is 14.2. The summed E-state index contributed by atoms with van der Waals surface area (Å²) in [5, 5.41) is 6.37. The van der Waals surface area contributed by atoms with Gasteiger partial charge in [0, 0.05) is 34.2 Å². The summed E-state index contributed by atoms with van der Waals surface area (Å²) in [6.45, 7) is 5.51. The van der Waals surface area contributed by atoms with Crippen molar-refractivity contribution in [2.45, 2.75) is 56.2 Å². The Kier molecular flexibility index (Phi) is 4.78. The summed E-state index contributed by atoms with van der Waals surface area (Å²) in [5.74, 6) is 2.58. The first-order valence-corrected chi connectivity index (χ1v) is 10.1. The van der Waals surface area contributed by atoms with Crippen molar-refractivity contribution in [1.29, 1.82) is 0 Å². The summed E-state index contributed by atoms with van der Waals surface area (Å²) in [4.78, 5) is 6.33. The van der Waals surface area contributed by atoms with Crippen LogP contribution in [0.2, 0.25) is 0 Å².